The van der Waals surface area contributed by atoms with Crippen molar-refractivity contribution < 1.29 is 4.58 Å². The van der Waals surface area contributed by atoms with Gasteiger partial charge in [-0.05, 0) is 99.4 Å². The van der Waals surface area contributed by atoms with Crippen molar-refractivity contribution in [3.05, 3.63) is 194 Å². The van der Waals surface area contributed by atoms with E-state index in [4.69, 9.17) is 6.72 Å². The first-order valence-corrected chi connectivity index (χ1v) is 20.8. The zero-order valence-corrected chi connectivity index (χ0v) is 32.7. The summed E-state index contributed by atoms with van der Waals surface area (Å²) in [4.78, 5) is 0. The molecule has 0 spiro atoms. The van der Waals surface area contributed by atoms with Crippen molar-refractivity contribution in [2.75, 3.05) is 0 Å². The molecular formula is C53H51N2+. The lowest BCUT2D eigenvalue weighted by Gasteiger charge is -2.39. The van der Waals surface area contributed by atoms with Crippen LogP contribution in [0.4, 0.5) is 5.69 Å². The van der Waals surface area contributed by atoms with E-state index in [1.165, 1.54) is 103 Å². The van der Waals surface area contributed by atoms with E-state index in [1.807, 2.05) is 0 Å². The molecule has 0 saturated heterocycles. The summed E-state index contributed by atoms with van der Waals surface area (Å²) in [5.74, 6) is 1.39. The highest BCUT2D eigenvalue weighted by Gasteiger charge is 2.49. The topological polar surface area (TPSA) is 15.0 Å². The minimum absolute atomic E-state index is 0.130. The second-order valence-corrected chi connectivity index (χ2v) is 18.1. The predicted octanol–water partition coefficient (Wildman–Crippen LogP) is 12.2. The standard InChI is InChI=1S/C53H51N2/c1-32-49(37-17-7-6-13-33(37)22-24-46(54-32)34-14-12-27-53(4,28-26-34)36-15-10-16-36)35-23-25-47-45(29-35)52(2,3)44-21-11-20-40-50-42-30-41(42)38-18-8-9-19-39(38)43(50)31-48(51(40)44)55(47)5/h6-9,11-14,17-21,23-30,32,36,41,48-49,54H,5,10,15-16,22,31H2,1-4H3/q+1/b46-24-. The number of nitrogens with zero attached hydrogens (tertiary/aromatic N) is 1. The van der Waals surface area contributed by atoms with Gasteiger partial charge in [0.25, 0.3) is 0 Å². The minimum Gasteiger partial charge on any atom is -0.381 e. The second kappa shape index (κ2) is 11.9. The normalized spacial score (nSPS) is 29.0. The smallest absolute Gasteiger partial charge is 0.209 e. The molecule has 2 heterocycles. The van der Waals surface area contributed by atoms with Gasteiger partial charge in [-0.3, -0.25) is 0 Å². The van der Waals surface area contributed by atoms with Gasteiger partial charge < -0.3 is 5.32 Å². The number of hydrogen-bond acceptors (Lipinski definition) is 1. The van der Waals surface area contributed by atoms with Crippen molar-refractivity contribution in [1.29, 1.82) is 0 Å². The molecule has 7 aliphatic rings. The lowest BCUT2D eigenvalue weighted by molar-refractivity contribution is -0.482. The van der Waals surface area contributed by atoms with Gasteiger partial charge in [0, 0.05) is 58.0 Å². The fraction of sp³-hybridized carbons (Fsp3) is 0.302. The minimum atomic E-state index is -0.221. The zero-order chi connectivity index (χ0) is 37.2. The van der Waals surface area contributed by atoms with Gasteiger partial charge >= 0.3 is 0 Å². The van der Waals surface area contributed by atoms with Crippen LogP contribution < -0.4 is 5.32 Å². The quantitative estimate of drug-likeness (QED) is 0.209. The van der Waals surface area contributed by atoms with Crippen molar-refractivity contribution >= 4 is 23.6 Å². The fourth-order valence-electron chi connectivity index (χ4n) is 11.4. The highest BCUT2D eigenvalue weighted by molar-refractivity contribution is 6.08. The molecule has 0 radical (unpaired) electrons. The Kier molecular flexibility index (Phi) is 7.17. The molecule has 2 nitrogen and oxygen atoms in total. The predicted molar refractivity (Wildman–Crippen MR) is 228 cm³/mol. The monoisotopic (exact) mass is 715 g/mol. The third-order valence-corrected chi connectivity index (χ3v) is 14.8. The Hall–Kier alpha value is -5.21. The van der Waals surface area contributed by atoms with E-state index in [2.05, 4.69) is 165 Å². The average molecular weight is 716 g/mol. The summed E-state index contributed by atoms with van der Waals surface area (Å²) < 4.78 is 2.38. The van der Waals surface area contributed by atoms with Crippen LogP contribution in [-0.2, 0) is 11.8 Å². The molecule has 2 heteroatoms. The lowest BCUT2D eigenvalue weighted by atomic mass is 9.66. The first kappa shape index (κ1) is 33.2. The third kappa shape index (κ3) is 4.89. The molecule has 0 bridgehead atoms. The SMILES string of the molecule is C=[N+]1c2ccc(C3c4ccccc4C/C=C(/C4=CC=CC(C)(C5CCC5)C=C4)NC3C)cc2C(C)(C)c2cccc3c2C1CC1=C3C2=CC2c2ccccc21. The molecule has 2 aliphatic heterocycles. The summed E-state index contributed by atoms with van der Waals surface area (Å²) in [6, 6.07) is 33.1. The van der Waals surface area contributed by atoms with Crippen LogP contribution in [-0.4, -0.2) is 17.3 Å². The molecule has 5 atom stereocenters. The van der Waals surface area contributed by atoms with Crippen LogP contribution in [0.5, 0.6) is 0 Å². The Morgan fingerprint density at radius 1 is 0.836 bits per heavy atom. The maximum absolute atomic E-state index is 4.89. The van der Waals surface area contributed by atoms with E-state index < -0.39 is 0 Å². The first-order valence-electron chi connectivity index (χ1n) is 20.8. The van der Waals surface area contributed by atoms with Crippen molar-refractivity contribution in [3.63, 3.8) is 0 Å². The second-order valence-electron chi connectivity index (χ2n) is 18.1. The summed E-state index contributed by atoms with van der Waals surface area (Å²) in [6.07, 6.45) is 22.7. The molecule has 1 saturated carbocycles. The Balaban J connectivity index is 0.998. The Morgan fingerprint density at radius 2 is 1.64 bits per heavy atom. The molecule has 4 aromatic carbocycles. The zero-order valence-electron chi connectivity index (χ0n) is 32.7. The number of nitrogens with one attached hydrogen (secondary N) is 1. The summed E-state index contributed by atoms with van der Waals surface area (Å²) >= 11 is 0. The van der Waals surface area contributed by atoms with Crippen molar-refractivity contribution in [1.82, 2.24) is 5.32 Å². The van der Waals surface area contributed by atoms with Crippen LogP contribution in [0, 0.1) is 11.3 Å². The number of benzene rings is 4. The first-order chi connectivity index (χ1) is 26.7. The van der Waals surface area contributed by atoms with Crippen LogP contribution >= 0.6 is 0 Å². The largest absolute Gasteiger partial charge is 0.381 e. The molecule has 272 valence electrons. The van der Waals surface area contributed by atoms with E-state index >= 15 is 0 Å². The summed E-state index contributed by atoms with van der Waals surface area (Å²) in [7, 11) is 0. The highest BCUT2D eigenvalue weighted by atomic mass is 15.0. The van der Waals surface area contributed by atoms with Gasteiger partial charge in [-0.25, -0.2) is 0 Å². The maximum atomic E-state index is 4.89. The maximum Gasteiger partial charge on any atom is 0.209 e. The molecular weight excluding hydrogens is 665 g/mol. The van der Waals surface area contributed by atoms with Gasteiger partial charge in [0.05, 0.1) is 0 Å². The number of hydrogen-bond donors (Lipinski definition) is 1. The molecule has 11 rings (SSSR count). The van der Waals surface area contributed by atoms with Gasteiger partial charge in [-0.15, -0.1) is 0 Å². The van der Waals surface area contributed by atoms with Gasteiger partial charge in [0.15, 0.2) is 6.04 Å². The molecule has 1 N–H and O–H groups in total. The fourth-order valence-corrected chi connectivity index (χ4v) is 11.4. The lowest BCUT2D eigenvalue weighted by Crippen LogP contribution is -2.35. The highest BCUT2D eigenvalue weighted by Crippen LogP contribution is 2.62. The molecule has 0 amide bonds. The van der Waals surface area contributed by atoms with Crippen LogP contribution in [0.2, 0.25) is 0 Å². The van der Waals surface area contributed by atoms with Crippen LogP contribution in [0.1, 0.15) is 121 Å². The molecule has 5 unspecified atom stereocenters. The molecule has 55 heavy (non-hydrogen) atoms. The summed E-state index contributed by atoms with van der Waals surface area (Å²) in [5, 5.41) is 4.08. The number of fused-ring (bicyclic) bond motifs is 8. The molecule has 1 fully saturated rings. The van der Waals surface area contributed by atoms with Gasteiger partial charge in [-0.1, -0.05) is 143 Å². The Labute approximate surface area is 327 Å². The van der Waals surface area contributed by atoms with E-state index in [0.29, 0.717) is 5.92 Å². The summed E-state index contributed by atoms with van der Waals surface area (Å²) in [6.45, 7) is 14.6. The van der Waals surface area contributed by atoms with Crippen LogP contribution in [0.3, 0.4) is 0 Å². The molecule has 5 aliphatic carbocycles. The van der Waals surface area contributed by atoms with E-state index in [-0.39, 0.29) is 28.8 Å². The van der Waals surface area contributed by atoms with Crippen LogP contribution in [0.25, 0.3) is 11.1 Å². The van der Waals surface area contributed by atoms with E-state index in [1.54, 1.807) is 0 Å². The Bertz CT molecular complexity index is 2540. The van der Waals surface area contributed by atoms with Crippen molar-refractivity contribution in [2.45, 2.75) is 89.1 Å². The van der Waals surface area contributed by atoms with Crippen molar-refractivity contribution in [3.8, 4) is 0 Å². The third-order valence-electron chi connectivity index (χ3n) is 14.8. The van der Waals surface area contributed by atoms with E-state index in [9.17, 15) is 0 Å². The molecule has 0 aromatic heterocycles. The van der Waals surface area contributed by atoms with E-state index in [0.717, 1.165) is 18.8 Å². The average Bonchev–Trinajstić information content (AvgIpc) is 4.00. The van der Waals surface area contributed by atoms with Gasteiger partial charge in [0.2, 0.25) is 5.69 Å². The van der Waals surface area contributed by atoms with Gasteiger partial charge in [0.1, 0.15) is 6.72 Å². The number of rotatable bonds is 3. The van der Waals surface area contributed by atoms with Crippen LogP contribution in [0.15, 0.2) is 144 Å². The molecule has 4 aromatic rings. The van der Waals surface area contributed by atoms with Gasteiger partial charge in [-0.2, -0.15) is 4.58 Å². The Morgan fingerprint density at radius 3 is 2.47 bits per heavy atom. The van der Waals surface area contributed by atoms with Crippen molar-refractivity contribution in [2.24, 2.45) is 11.3 Å². The summed E-state index contributed by atoms with van der Waals surface area (Å²) in [5.41, 5.74) is 20.9. The number of allylic oxidation sites excluding steroid dienone is 9.